The third-order valence-corrected chi connectivity index (χ3v) is 6.93. The van der Waals surface area contributed by atoms with E-state index in [0.717, 1.165) is 12.8 Å². The summed E-state index contributed by atoms with van der Waals surface area (Å²) in [4.78, 5) is 13.9. The van der Waals surface area contributed by atoms with Crippen LogP contribution in [-0.2, 0) is 12.8 Å². The maximum atomic E-state index is 13.9. The number of aliphatic hydroxyl groups is 1. The van der Waals surface area contributed by atoms with Crippen molar-refractivity contribution in [1.82, 2.24) is 0 Å². The van der Waals surface area contributed by atoms with E-state index in [-0.39, 0.29) is 28.6 Å². The molecule has 0 aliphatic carbocycles. The summed E-state index contributed by atoms with van der Waals surface area (Å²) in [7, 11) is 3.08. The van der Waals surface area contributed by atoms with Gasteiger partial charge in [0.1, 0.15) is 34.2 Å². The Labute approximate surface area is 217 Å². The van der Waals surface area contributed by atoms with Crippen LogP contribution in [0.3, 0.4) is 0 Å². The quantitative estimate of drug-likeness (QED) is 0.285. The van der Waals surface area contributed by atoms with Crippen molar-refractivity contribution in [3.05, 3.63) is 56.8 Å². The van der Waals surface area contributed by atoms with E-state index < -0.39 is 11.7 Å². The van der Waals surface area contributed by atoms with Crippen molar-refractivity contribution >= 4 is 21.9 Å². The Morgan fingerprint density at radius 1 is 1.11 bits per heavy atom. The minimum Gasteiger partial charge on any atom is -0.507 e. The van der Waals surface area contributed by atoms with Gasteiger partial charge in [-0.25, -0.2) is 0 Å². The summed E-state index contributed by atoms with van der Waals surface area (Å²) in [5, 5.41) is 22.0. The van der Waals surface area contributed by atoms with Crippen LogP contribution >= 0.6 is 0 Å². The van der Waals surface area contributed by atoms with Crippen molar-refractivity contribution in [3.8, 4) is 23.0 Å². The second kappa shape index (κ2) is 10.1. The van der Waals surface area contributed by atoms with Crippen molar-refractivity contribution in [2.75, 3.05) is 14.2 Å². The summed E-state index contributed by atoms with van der Waals surface area (Å²) in [6.07, 6.45) is 6.30. The Hall–Kier alpha value is -3.45. The molecule has 7 heteroatoms. The molecule has 37 heavy (non-hydrogen) atoms. The molecule has 2 N–H and O–H groups in total. The van der Waals surface area contributed by atoms with E-state index in [4.69, 9.17) is 18.6 Å². The van der Waals surface area contributed by atoms with E-state index in [2.05, 4.69) is 32.9 Å². The van der Waals surface area contributed by atoms with E-state index in [9.17, 15) is 15.0 Å². The van der Waals surface area contributed by atoms with Crippen molar-refractivity contribution in [1.29, 1.82) is 0 Å². The molecule has 1 aliphatic rings. The number of aromatic hydroxyl groups is 1. The van der Waals surface area contributed by atoms with Gasteiger partial charge in [0.2, 0.25) is 5.43 Å². The molecular formula is C30H36O7. The molecule has 0 spiro atoms. The fraction of sp³-hybridized carbons (Fsp3) is 0.433. The maximum absolute atomic E-state index is 13.9. The highest BCUT2D eigenvalue weighted by molar-refractivity contribution is 5.98. The molecule has 1 aliphatic heterocycles. The summed E-state index contributed by atoms with van der Waals surface area (Å²) in [6.45, 7) is 9.53. The van der Waals surface area contributed by atoms with Crippen LogP contribution in [0.2, 0.25) is 0 Å². The molecule has 4 rings (SSSR count). The number of hydrogen-bond donors (Lipinski definition) is 2. The van der Waals surface area contributed by atoms with Gasteiger partial charge < -0.3 is 28.8 Å². The Bertz CT molecular complexity index is 1460. The SMILES string of the molecule is COc1cc2oc3cc4c(c(O)c3c(=O)c2c(C/C=C(\C)CCC=C(C)C)c1OC)CC(C(C)(C)O)O4. The summed E-state index contributed by atoms with van der Waals surface area (Å²) >= 11 is 0. The number of hydrogen-bond acceptors (Lipinski definition) is 7. The van der Waals surface area contributed by atoms with Gasteiger partial charge in [-0.1, -0.05) is 23.3 Å². The second-order valence-electron chi connectivity index (χ2n) is 10.5. The molecular weight excluding hydrogens is 472 g/mol. The zero-order chi connectivity index (χ0) is 27.1. The first-order valence-electron chi connectivity index (χ1n) is 12.5. The normalized spacial score (nSPS) is 15.6. The summed E-state index contributed by atoms with van der Waals surface area (Å²) < 4.78 is 23.3. The Balaban J connectivity index is 1.91. The van der Waals surface area contributed by atoms with Crippen LogP contribution in [0.4, 0.5) is 0 Å². The number of rotatable bonds is 8. The number of ether oxygens (including phenoxy) is 3. The minimum absolute atomic E-state index is 0.0870. The zero-order valence-corrected chi connectivity index (χ0v) is 22.7. The summed E-state index contributed by atoms with van der Waals surface area (Å²) in [6, 6.07) is 3.25. The molecule has 1 aromatic heterocycles. The van der Waals surface area contributed by atoms with E-state index in [1.165, 1.54) is 18.3 Å². The van der Waals surface area contributed by atoms with Gasteiger partial charge in [0, 0.05) is 29.7 Å². The molecule has 2 heterocycles. The van der Waals surface area contributed by atoms with Gasteiger partial charge in [-0.05, 0) is 53.9 Å². The lowest BCUT2D eigenvalue weighted by molar-refractivity contribution is -0.0229. The van der Waals surface area contributed by atoms with Gasteiger partial charge >= 0.3 is 0 Å². The van der Waals surface area contributed by atoms with Crippen LogP contribution in [0.25, 0.3) is 21.9 Å². The van der Waals surface area contributed by atoms with Crippen LogP contribution in [-0.4, -0.2) is 36.1 Å². The third kappa shape index (κ3) is 5.05. The number of phenols is 1. The first-order chi connectivity index (χ1) is 17.5. The average Bonchev–Trinajstić information content (AvgIpc) is 3.26. The molecule has 0 fully saturated rings. The molecule has 1 atom stereocenters. The van der Waals surface area contributed by atoms with E-state index >= 15 is 0 Å². The summed E-state index contributed by atoms with van der Waals surface area (Å²) in [5.41, 5.74) is 2.66. The molecule has 198 valence electrons. The molecule has 0 saturated carbocycles. The van der Waals surface area contributed by atoms with Gasteiger partial charge in [-0.15, -0.1) is 0 Å². The highest BCUT2D eigenvalue weighted by Gasteiger charge is 2.37. The fourth-order valence-electron chi connectivity index (χ4n) is 4.82. The Morgan fingerprint density at radius 3 is 2.43 bits per heavy atom. The standard InChI is InChI=1S/C30H36O7/c1-16(2)9-8-10-17(3)11-12-18-25-21(15-23(34-6)29(18)35-7)36-22-14-20-19(27(31)26(22)28(25)32)13-24(37-20)30(4,5)33/h9,11,14-15,24,31,33H,8,10,12-13H2,1-7H3/b17-11+. The smallest absolute Gasteiger partial charge is 0.204 e. The Morgan fingerprint density at radius 2 is 1.81 bits per heavy atom. The van der Waals surface area contributed by atoms with E-state index in [1.807, 2.05) is 0 Å². The van der Waals surface area contributed by atoms with Gasteiger partial charge in [-0.2, -0.15) is 0 Å². The predicted molar refractivity (Wildman–Crippen MR) is 145 cm³/mol. The second-order valence-corrected chi connectivity index (χ2v) is 10.5. The van der Waals surface area contributed by atoms with Crippen molar-refractivity contribution in [2.45, 2.75) is 72.0 Å². The molecule has 7 nitrogen and oxygen atoms in total. The maximum Gasteiger partial charge on any atom is 0.204 e. The molecule has 3 aromatic rings. The fourth-order valence-corrected chi connectivity index (χ4v) is 4.82. The minimum atomic E-state index is -1.12. The number of fused-ring (bicyclic) bond motifs is 3. The first-order valence-corrected chi connectivity index (χ1v) is 12.5. The van der Waals surface area contributed by atoms with Gasteiger partial charge in [0.25, 0.3) is 0 Å². The predicted octanol–water partition coefficient (Wildman–Crippen LogP) is 5.98. The topological polar surface area (TPSA) is 98.4 Å². The van der Waals surface area contributed by atoms with Crippen molar-refractivity contribution in [3.63, 3.8) is 0 Å². The lowest BCUT2D eigenvalue weighted by Crippen LogP contribution is -2.39. The van der Waals surface area contributed by atoms with Crippen LogP contribution in [0, 0.1) is 0 Å². The highest BCUT2D eigenvalue weighted by Crippen LogP contribution is 2.44. The molecule has 0 saturated heterocycles. The van der Waals surface area contributed by atoms with E-state index in [0.29, 0.717) is 45.8 Å². The summed E-state index contributed by atoms with van der Waals surface area (Å²) in [5.74, 6) is 1.13. The number of phenolic OH excluding ortho intramolecular Hbond substituents is 1. The van der Waals surface area contributed by atoms with Gasteiger partial charge in [-0.3, -0.25) is 4.79 Å². The van der Waals surface area contributed by atoms with Gasteiger partial charge in [0.05, 0.1) is 25.2 Å². The van der Waals surface area contributed by atoms with Crippen LogP contribution in [0.15, 0.2) is 44.6 Å². The molecule has 1 unspecified atom stereocenters. The van der Waals surface area contributed by atoms with Crippen molar-refractivity contribution in [2.24, 2.45) is 0 Å². The molecule has 0 bridgehead atoms. The molecule has 0 radical (unpaired) electrons. The Kier molecular flexibility index (Phi) is 7.29. The monoisotopic (exact) mass is 508 g/mol. The highest BCUT2D eigenvalue weighted by atomic mass is 16.5. The lowest BCUT2D eigenvalue weighted by Gasteiger charge is -2.24. The number of benzene rings is 2. The number of methoxy groups -OCH3 is 2. The van der Waals surface area contributed by atoms with Crippen LogP contribution in [0.1, 0.15) is 58.6 Å². The lowest BCUT2D eigenvalue weighted by atomic mass is 9.95. The van der Waals surface area contributed by atoms with Crippen LogP contribution < -0.4 is 19.6 Å². The molecule has 2 aromatic carbocycles. The first kappa shape index (κ1) is 26.6. The van der Waals surface area contributed by atoms with Crippen LogP contribution in [0.5, 0.6) is 23.0 Å². The van der Waals surface area contributed by atoms with E-state index in [1.54, 1.807) is 33.1 Å². The zero-order valence-electron chi connectivity index (χ0n) is 22.7. The largest absolute Gasteiger partial charge is 0.507 e. The molecule has 0 amide bonds. The average molecular weight is 509 g/mol. The van der Waals surface area contributed by atoms with Crippen molar-refractivity contribution < 1.29 is 28.8 Å². The van der Waals surface area contributed by atoms with Gasteiger partial charge in [0.15, 0.2) is 11.5 Å². The number of allylic oxidation sites excluding steroid dienone is 4. The third-order valence-electron chi connectivity index (χ3n) is 6.93.